The summed E-state index contributed by atoms with van der Waals surface area (Å²) in [6.07, 6.45) is 1.74. The van der Waals surface area contributed by atoms with E-state index in [2.05, 4.69) is 0 Å². The number of hydrogen-bond donors (Lipinski definition) is 0. The summed E-state index contributed by atoms with van der Waals surface area (Å²) in [6, 6.07) is 0. The molecule has 5 heteroatoms. The van der Waals surface area contributed by atoms with Crippen molar-refractivity contribution in [1.82, 2.24) is 4.90 Å². The van der Waals surface area contributed by atoms with E-state index in [1.54, 1.807) is 20.8 Å². The number of ether oxygens (including phenoxy) is 1. The van der Waals surface area contributed by atoms with Crippen molar-refractivity contribution in [2.45, 2.75) is 51.3 Å². The van der Waals surface area contributed by atoms with E-state index in [0.717, 1.165) is 0 Å². The molecule has 1 aliphatic carbocycles. The van der Waals surface area contributed by atoms with Gasteiger partial charge >= 0.3 is 6.09 Å². The fraction of sp³-hybridized carbons (Fsp3) is 0.846. The molecule has 4 nitrogen and oxygen atoms in total. The van der Waals surface area contributed by atoms with Crippen LogP contribution >= 0.6 is 0 Å². The van der Waals surface area contributed by atoms with Crippen LogP contribution in [0.2, 0.25) is 0 Å². The molecule has 0 N–H and O–H groups in total. The van der Waals surface area contributed by atoms with Gasteiger partial charge in [-0.15, -0.1) is 0 Å². The van der Waals surface area contributed by atoms with Crippen molar-refractivity contribution in [3.8, 4) is 0 Å². The molecular formula is C13H20FNO3. The van der Waals surface area contributed by atoms with Gasteiger partial charge in [-0.1, -0.05) is 0 Å². The van der Waals surface area contributed by atoms with Crippen LogP contribution in [0.4, 0.5) is 9.18 Å². The molecule has 102 valence electrons. The molecule has 1 aliphatic heterocycles. The number of hydrogen-bond acceptors (Lipinski definition) is 3. The van der Waals surface area contributed by atoms with Crippen LogP contribution in [0.1, 0.15) is 40.0 Å². The Balaban J connectivity index is 2.12. The van der Waals surface area contributed by atoms with E-state index in [0.29, 0.717) is 25.5 Å². The Morgan fingerprint density at radius 2 is 2.00 bits per heavy atom. The second kappa shape index (κ2) is 3.93. The molecule has 2 aliphatic rings. The molecule has 0 unspecified atom stereocenters. The van der Waals surface area contributed by atoms with E-state index in [-0.39, 0.29) is 13.1 Å². The number of amides is 1. The summed E-state index contributed by atoms with van der Waals surface area (Å²) in [4.78, 5) is 24.5. The monoisotopic (exact) mass is 257 g/mol. The Kier molecular flexibility index (Phi) is 2.91. The van der Waals surface area contributed by atoms with Gasteiger partial charge < -0.3 is 14.4 Å². The third-order valence-electron chi connectivity index (χ3n) is 3.88. The molecule has 1 saturated carbocycles. The predicted molar refractivity (Wildman–Crippen MR) is 64.0 cm³/mol. The smallest absolute Gasteiger partial charge is 0.410 e. The quantitative estimate of drug-likeness (QED) is 0.677. The Morgan fingerprint density at radius 3 is 2.50 bits per heavy atom. The van der Waals surface area contributed by atoms with Gasteiger partial charge in [-0.05, 0) is 40.0 Å². The maximum Gasteiger partial charge on any atom is 0.410 e. The zero-order chi connectivity index (χ0) is 13.6. The van der Waals surface area contributed by atoms with Gasteiger partial charge in [-0.25, -0.2) is 9.18 Å². The predicted octanol–water partition coefficient (Wildman–Crippen LogP) is 2.31. The molecule has 1 saturated heterocycles. The van der Waals surface area contributed by atoms with Gasteiger partial charge in [0, 0.05) is 6.54 Å². The highest BCUT2D eigenvalue weighted by Gasteiger charge is 2.63. The largest absolute Gasteiger partial charge is 0.444 e. The van der Waals surface area contributed by atoms with Crippen molar-refractivity contribution in [2.75, 3.05) is 13.1 Å². The number of halogens is 1. The first-order chi connectivity index (χ1) is 8.21. The van der Waals surface area contributed by atoms with Crippen LogP contribution in [0.3, 0.4) is 0 Å². The van der Waals surface area contributed by atoms with Crippen molar-refractivity contribution < 1.29 is 18.7 Å². The maximum atomic E-state index is 14.7. The Hall–Kier alpha value is -1.13. The Labute approximate surface area is 106 Å². The number of nitrogens with zero attached hydrogens (tertiary/aromatic N) is 1. The number of fused-ring (bicyclic) bond motifs is 1. The van der Waals surface area contributed by atoms with Crippen LogP contribution in [-0.2, 0) is 9.53 Å². The summed E-state index contributed by atoms with van der Waals surface area (Å²) in [7, 11) is 0. The molecule has 1 amide bonds. The maximum absolute atomic E-state index is 14.7. The summed E-state index contributed by atoms with van der Waals surface area (Å²) in [6.45, 7) is 5.41. The van der Waals surface area contributed by atoms with Gasteiger partial charge in [-0.3, -0.25) is 0 Å². The number of aldehydes is 1. The zero-order valence-electron chi connectivity index (χ0n) is 11.2. The van der Waals surface area contributed by atoms with E-state index in [4.69, 9.17) is 4.74 Å². The molecule has 0 aromatic rings. The highest BCUT2D eigenvalue weighted by atomic mass is 19.1. The summed E-state index contributed by atoms with van der Waals surface area (Å²) >= 11 is 0. The van der Waals surface area contributed by atoms with Crippen LogP contribution < -0.4 is 0 Å². The highest BCUT2D eigenvalue weighted by molar-refractivity contribution is 5.73. The lowest BCUT2D eigenvalue weighted by atomic mass is 9.80. The molecule has 2 fully saturated rings. The van der Waals surface area contributed by atoms with Crippen molar-refractivity contribution >= 4 is 12.4 Å². The van der Waals surface area contributed by atoms with Gasteiger partial charge in [-0.2, -0.15) is 0 Å². The fourth-order valence-corrected chi connectivity index (χ4v) is 2.97. The average Bonchev–Trinajstić information content (AvgIpc) is 2.65. The normalized spacial score (nSPS) is 35.4. The molecule has 1 heterocycles. The van der Waals surface area contributed by atoms with Crippen molar-refractivity contribution in [3.05, 3.63) is 0 Å². The van der Waals surface area contributed by atoms with Crippen LogP contribution in [0.25, 0.3) is 0 Å². The van der Waals surface area contributed by atoms with Crippen LogP contribution in [-0.4, -0.2) is 41.6 Å². The van der Waals surface area contributed by atoms with E-state index in [1.165, 1.54) is 4.90 Å². The lowest BCUT2D eigenvalue weighted by Crippen LogP contribution is -2.39. The van der Waals surface area contributed by atoms with E-state index in [1.807, 2.05) is 0 Å². The Bertz CT molecular complexity index is 379. The van der Waals surface area contributed by atoms with E-state index >= 15 is 0 Å². The third kappa shape index (κ3) is 1.99. The zero-order valence-corrected chi connectivity index (χ0v) is 11.2. The van der Waals surface area contributed by atoms with Crippen LogP contribution in [0.5, 0.6) is 0 Å². The van der Waals surface area contributed by atoms with Crippen LogP contribution in [0, 0.1) is 5.41 Å². The van der Waals surface area contributed by atoms with Gasteiger partial charge in [0.05, 0.1) is 12.0 Å². The fourth-order valence-electron chi connectivity index (χ4n) is 2.97. The van der Waals surface area contributed by atoms with Gasteiger partial charge in [0.25, 0.3) is 0 Å². The van der Waals surface area contributed by atoms with Gasteiger partial charge in [0.1, 0.15) is 17.6 Å². The number of carbonyl (C=O) groups is 2. The summed E-state index contributed by atoms with van der Waals surface area (Å²) in [5.74, 6) is 0. The molecular weight excluding hydrogens is 237 g/mol. The topological polar surface area (TPSA) is 46.6 Å². The second-order valence-electron chi connectivity index (χ2n) is 6.43. The molecule has 0 aromatic heterocycles. The third-order valence-corrected chi connectivity index (χ3v) is 3.88. The Morgan fingerprint density at radius 1 is 1.33 bits per heavy atom. The van der Waals surface area contributed by atoms with Crippen molar-refractivity contribution in [3.63, 3.8) is 0 Å². The molecule has 2 atom stereocenters. The number of likely N-dealkylation sites (tertiary alicyclic amines) is 1. The first-order valence-electron chi connectivity index (χ1n) is 6.35. The molecule has 0 aromatic carbocycles. The lowest BCUT2D eigenvalue weighted by Gasteiger charge is -2.26. The van der Waals surface area contributed by atoms with Crippen LogP contribution in [0.15, 0.2) is 0 Å². The SMILES string of the molecule is CC(C)(C)OC(=O)N1C[C@]2(F)CCC[C@]2(C=O)C1. The van der Waals surface area contributed by atoms with E-state index < -0.39 is 22.8 Å². The molecule has 2 rings (SSSR count). The molecule has 18 heavy (non-hydrogen) atoms. The minimum absolute atomic E-state index is 0.0271. The minimum Gasteiger partial charge on any atom is -0.444 e. The van der Waals surface area contributed by atoms with Gasteiger partial charge in [0.2, 0.25) is 0 Å². The average molecular weight is 257 g/mol. The molecule has 0 spiro atoms. The van der Waals surface area contributed by atoms with Crippen molar-refractivity contribution in [1.29, 1.82) is 0 Å². The molecule has 0 radical (unpaired) electrons. The first-order valence-corrected chi connectivity index (χ1v) is 6.35. The highest BCUT2D eigenvalue weighted by Crippen LogP contribution is 2.53. The number of alkyl halides is 1. The van der Waals surface area contributed by atoms with Crippen molar-refractivity contribution in [2.24, 2.45) is 5.41 Å². The van der Waals surface area contributed by atoms with E-state index in [9.17, 15) is 14.0 Å². The summed E-state index contributed by atoms with van der Waals surface area (Å²) < 4.78 is 19.9. The molecule has 0 bridgehead atoms. The number of rotatable bonds is 1. The number of carbonyl (C=O) groups excluding carboxylic acids is 2. The summed E-state index contributed by atoms with van der Waals surface area (Å²) in [5, 5.41) is 0. The summed E-state index contributed by atoms with van der Waals surface area (Å²) in [5.41, 5.74) is -3.18. The first kappa shape index (κ1) is 13.3. The lowest BCUT2D eigenvalue weighted by molar-refractivity contribution is -0.120. The minimum atomic E-state index is -1.56. The second-order valence-corrected chi connectivity index (χ2v) is 6.43. The van der Waals surface area contributed by atoms with Gasteiger partial charge in [0.15, 0.2) is 0 Å². The standard InChI is InChI=1S/C13H20FNO3/c1-11(2,3)18-10(17)15-7-12(9-16)5-4-6-13(12,14)8-15/h9H,4-8H2,1-3H3/t12-,13-/m1/s1.